The largest absolute Gasteiger partial charge is 0.453 e. The van der Waals surface area contributed by atoms with Gasteiger partial charge in [-0.25, -0.2) is 9.18 Å². The van der Waals surface area contributed by atoms with Crippen molar-refractivity contribution < 1.29 is 13.9 Å². The Hall–Kier alpha value is -3.59. The molecule has 0 atom stereocenters. The first-order chi connectivity index (χ1) is 15.0. The van der Waals surface area contributed by atoms with E-state index in [0.717, 1.165) is 43.0 Å². The summed E-state index contributed by atoms with van der Waals surface area (Å²) in [5, 5.41) is 9.70. The number of urea groups is 1. The second kappa shape index (κ2) is 9.05. The number of likely N-dealkylation sites (N-methyl/N-ethyl adjacent to an activating group) is 1. The quantitative estimate of drug-likeness (QED) is 0.565. The number of hydrogen-bond donors (Lipinski definition) is 3. The van der Waals surface area contributed by atoms with Crippen LogP contribution in [0.2, 0.25) is 0 Å². The van der Waals surface area contributed by atoms with E-state index in [1.165, 1.54) is 12.1 Å². The SMILES string of the molecule is CN1CCN(c2ccc(Oc3c[nH]nc3-c3ccc(F)cc3)cc2CNC(N)=O)CC1. The van der Waals surface area contributed by atoms with Gasteiger partial charge < -0.3 is 25.6 Å². The molecule has 2 aromatic carbocycles. The van der Waals surface area contributed by atoms with Crippen molar-refractivity contribution in [3.05, 3.63) is 60.0 Å². The normalized spacial score (nSPS) is 14.5. The molecule has 0 saturated carbocycles. The number of carbonyl (C=O) groups excluding carboxylic acids is 1. The number of ether oxygens (including phenoxy) is 1. The van der Waals surface area contributed by atoms with Gasteiger partial charge >= 0.3 is 6.03 Å². The molecule has 4 rings (SSSR count). The van der Waals surface area contributed by atoms with Crippen molar-refractivity contribution in [2.75, 3.05) is 38.1 Å². The van der Waals surface area contributed by atoms with Crippen LogP contribution in [0.3, 0.4) is 0 Å². The summed E-state index contributed by atoms with van der Waals surface area (Å²) >= 11 is 0. The number of H-pyrrole nitrogens is 1. The number of aromatic nitrogens is 2. The van der Waals surface area contributed by atoms with Crippen LogP contribution in [0, 0.1) is 5.82 Å². The number of carbonyl (C=O) groups is 1. The third-order valence-corrected chi connectivity index (χ3v) is 5.30. The average molecular weight is 424 g/mol. The summed E-state index contributed by atoms with van der Waals surface area (Å²) < 4.78 is 19.3. The Morgan fingerprint density at radius 3 is 2.65 bits per heavy atom. The minimum atomic E-state index is -0.580. The van der Waals surface area contributed by atoms with Crippen LogP contribution < -0.4 is 20.7 Å². The van der Waals surface area contributed by atoms with Crippen LogP contribution in [0.5, 0.6) is 11.5 Å². The zero-order chi connectivity index (χ0) is 21.8. The Balaban J connectivity index is 1.59. The van der Waals surface area contributed by atoms with Crippen LogP contribution in [0.25, 0.3) is 11.3 Å². The number of nitrogens with zero attached hydrogens (tertiary/aromatic N) is 3. The molecule has 162 valence electrons. The Morgan fingerprint density at radius 1 is 1.19 bits per heavy atom. The fraction of sp³-hybridized carbons (Fsp3) is 0.273. The molecule has 9 heteroatoms. The molecular weight excluding hydrogens is 399 g/mol. The topological polar surface area (TPSA) is 99.5 Å². The van der Waals surface area contributed by atoms with Gasteiger partial charge in [-0.1, -0.05) is 0 Å². The summed E-state index contributed by atoms with van der Waals surface area (Å²) in [7, 11) is 2.10. The number of anilines is 1. The van der Waals surface area contributed by atoms with Gasteiger partial charge in [-0.3, -0.25) is 5.10 Å². The van der Waals surface area contributed by atoms with E-state index in [4.69, 9.17) is 10.5 Å². The van der Waals surface area contributed by atoms with E-state index in [2.05, 4.69) is 32.4 Å². The van der Waals surface area contributed by atoms with E-state index in [1.807, 2.05) is 18.2 Å². The highest BCUT2D eigenvalue weighted by Gasteiger charge is 2.19. The molecule has 0 radical (unpaired) electrons. The fourth-order valence-corrected chi connectivity index (χ4v) is 3.60. The standard InChI is InChI=1S/C22H25FN6O2/c1-28-8-10-29(11-9-28)19-7-6-18(12-16(19)13-25-22(24)30)31-20-14-26-27-21(20)15-2-4-17(23)5-3-15/h2-7,12,14H,8-11,13H2,1H3,(H,26,27)(H3,24,25,30). The lowest BCUT2D eigenvalue weighted by Crippen LogP contribution is -2.45. The van der Waals surface area contributed by atoms with Crippen LogP contribution in [0.1, 0.15) is 5.56 Å². The lowest BCUT2D eigenvalue weighted by Gasteiger charge is -2.35. The summed E-state index contributed by atoms with van der Waals surface area (Å²) in [6.07, 6.45) is 1.65. The molecule has 2 amide bonds. The minimum Gasteiger partial charge on any atom is -0.453 e. The summed E-state index contributed by atoms with van der Waals surface area (Å²) in [5.41, 5.74) is 8.56. The number of rotatable bonds is 6. The molecule has 0 unspecified atom stereocenters. The molecule has 0 aliphatic carbocycles. The Labute approximate surface area is 179 Å². The predicted molar refractivity (Wildman–Crippen MR) is 117 cm³/mol. The first-order valence-corrected chi connectivity index (χ1v) is 10.1. The molecule has 1 aliphatic heterocycles. The zero-order valence-electron chi connectivity index (χ0n) is 17.3. The number of hydrogen-bond acceptors (Lipinski definition) is 5. The maximum atomic E-state index is 13.3. The Kier molecular flexibility index (Phi) is 6.03. The van der Waals surface area contributed by atoms with Gasteiger partial charge in [0.2, 0.25) is 0 Å². The highest BCUT2D eigenvalue weighted by Crippen LogP contribution is 2.34. The van der Waals surface area contributed by atoms with Crippen LogP contribution in [0.15, 0.2) is 48.7 Å². The molecule has 0 bridgehead atoms. The fourth-order valence-electron chi connectivity index (χ4n) is 3.60. The van der Waals surface area contributed by atoms with Crippen molar-refractivity contribution in [3.63, 3.8) is 0 Å². The van der Waals surface area contributed by atoms with E-state index in [-0.39, 0.29) is 5.82 Å². The monoisotopic (exact) mass is 424 g/mol. The van der Waals surface area contributed by atoms with Crippen LogP contribution in [-0.4, -0.2) is 54.4 Å². The number of amides is 2. The van der Waals surface area contributed by atoms with Crippen LogP contribution >= 0.6 is 0 Å². The molecule has 31 heavy (non-hydrogen) atoms. The third kappa shape index (κ3) is 4.95. The maximum Gasteiger partial charge on any atom is 0.312 e. The molecule has 1 fully saturated rings. The first kappa shape index (κ1) is 20.7. The summed E-state index contributed by atoms with van der Waals surface area (Å²) in [5.74, 6) is 0.810. The maximum absolute atomic E-state index is 13.3. The number of primary amides is 1. The molecule has 1 saturated heterocycles. The lowest BCUT2D eigenvalue weighted by molar-refractivity contribution is 0.248. The van der Waals surface area contributed by atoms with Crippen molar-refractivity contribution in [2.45, 2.75) is 6.54 Å². The molecule has 2 heterocycles. The number of halogens is 1. The highest BCUT2D eigenvalue weighted by molar-refractivity contribution is 5.72. The van der Waals surface area contributed by atoms with Crippen LogP contribution in [-0.2, 0) is 6.54 Å². The van der Waals surface area contributed by atoms with Gasteiger partial charge in [0.05, 0.1) is 6.20 Å². The smallest absolute Gasteiger partial charge is 0.312 e. The van der Waals surface area contributed by atoms with Gasteiger partial charge in [-0.2, -0.15) is 5.10 Å². The second-order valence-corrected chi connectivity index (χ2v) is 7.51. The van der Waals surface area contributed by atoms with Crippen molar-refractivity contribution in [1.82, 2.24) is 20.4 Å². The minimum absolute atomic E-state index is 0.296. The predicted octanol–water partition coefficient (Wildman–Crippen LogP) is 2.93. The number of piperazine rings is 1. The van der Waals surface area contributed by atoms with Gasteiger partial charge in [0.25, 0.3) is 0 Å². The first-order valence-electron chi connectivity index (χ1n) is 10.1. The van der Waals surface area contributed by atoms with Crippen molar-refractivity contribution >= 4 is 11.7 Å². The highest BCUT2D eigenvalue weighted by atomic mass is 19.1. The van der Waals surface area contributed by atoms with E-state index in [0.29, 0.717) is 23.7 Å². The van der Waals surface area contributed by atoms with Gasteiger partial charge in [0, 0.05) is 44.0 Å². The summed E-state index contributed by atoms with van der Waals surface area (Å²) in [4.78, 5) is 15.9. The van der Waals surface area contributed by atoms with Crippen molar-refractivity contribution in [1.29, 1.82) is 0 Å². The number of benzene rings is 2. The van der Waals surface area contributed by atoms with Gasteiger partial charge in [-0.15, -0.1) is 0 Å². The number of nitrogens with one attached hydrogen (secondary N) is 2. The molecular formula is C22H25FN6O2. The molecule has 8 nitrogen and oxygen atoms in total. The van der Waals surface area contributed by atoms with E-state index >= 15 is 0 Å². The van der Waals surface area contributed by atoms with Crippen LogP contribution in [0.4, 0.5) is 14.9 Å². The van der Waals surface area contributed by atoms with Crippen molar-refractivity contribution in [3.8, 4) is 22.8 Å². The zero-order valence-corrected chi connectivity index (χ0v) is 17.3. The molecule has 4 N–H and O–H groups in total. The molecule has 1 aromatic heterocycles. The molecule has 0 spiro atoms. The summed E-state index contributed by atoms with van der Waals surface area (Å²) in [6.45, 7) is 4.03. The van der Waals surface area contributed by atoms with Gasteiger partial charge in [0.1, 0.15) is 17.3 Å². The van der Waals surface area contributed by atoms with E-state index < -0.39 is 6.03 Å². The third-order valence-electron chi connectivity index (χ3n) is 5.30. The average Bonchev–Trinajstić information content (AvgIpc) is 3.22. The Bertz CT molecular complexity index is 1040. The summed E-state index contributed by atoms with van der Waals surface area (Å²) in [6, 6.07) is 11.3. The second-order valence-electron chi connectivity index (χ2n) is 7.51. The Morgan fingerprint density at radius 2 is 1.94 bits per heavy atom. The van der Waals surface area contributed by atoms with Gasteiger partial charge in [-0.05, 0) is 55.1 Å². The van der Waals surface area contributed by atoms with E-state index in [9.17, 15) is 9.18 Å². The van der Waals surface area contributed by atoms with E-state index in [1.54, 1.807) is 18.3 Å². The van der Waals surface area contributed by atoms with Gasteiger partial charge in [0.15, 0.2) is 5.75 Å². The number of nitrogens with two attached hydrogens (primary N) is 1. The molecule has 3 aromatic rings. The lowest BCUT2D eigenvalue weighted by atomic mass is 10.1. The molecule has 1 aliphatic rings. The number of aromatic amines is 1. The van der Waals surface area contributed by atoms with Crippen molar-refractivity contribution in [2.24, 2.45) is 5.73 Å².